The van der Waals surface area contributed by atoms with Gasteiger partial charge in [0.05, 0.1) is 22.4 Å². The minimum absolute atomic E-state index is 0.0766. The first kappa shape index (κ1) is 29.1. The molecule has 11 nitrogen and oxygen atoms in total. The lowest BCUT2D eigenvalue weighted by Gasteiger charge is -2.33. The second-order valence-corrected chi connectivity index (χ2v) is 12.5. The molecular weight excluding hydrogens is 640 g/mol. The van der Waals surface area contributed by atoms with Crippen LogP contribution in [0.5, 0.6) is 0 Å². The van der Waals surface area contributed by atoms with Crippen molar-refractivity contribution in [1.29, 1.82) is 0 Å². The lowest BCUT2D eigenvalue weighted by atomic mass is 9.90. The van der Waals surface area contributed by atoms with Crippen LogP contribution in [0, 0.1) is 0 Å². The Hall–Kier alpha value is -4.68. The SMILES string of the molecule is NC(=O)c1cccc2cn(-c3ccc([C@@H]4CCCN(Cc5ccc6c(c5Br)C(=O)N(C5CCC(=O)NC5=O)C6=O)C4)cc3)nc12. The molecule has 5 amide bonds. The Bertz CT molecular complexity index is 1920. The van der Waals surface area contributed by atoms with Gasteiger partial charge in [0.1, 0.15) is 11.6 Å². The van der Waals surface area contributed by atoms with Crippen LogP contribution in [0.15, 0.2) is 65.3 Å². The van der Waals surface area contributed by atoms with Crippen LogP contribution in [-0.4, -0.2) is 68.2 Å². The lowest BCUT2D eigenvalue weighted by molar-refractivity contribution is -0.136. The highest BCUT2D eigenvalue weighted by Gasteiger charge is 2.45. The van der Waals surface area contributed by atoms with Gasteiger partial charge in [-0.1, -0.05) is 30.3 Å². The van der Waals surface area contributed by atoms with Crippen LogP contribution in [0.25, 0.3) is 16.6 Å². The Morgan fingerprint density at radius 3 is 2.56 bits per heavy atom. The molecule has 3 aliphatic rings. The predicted molar refractivity (Wildman–Crippen MR) is 168 cm³/mol. The summed E-state index contributed by atoms with van der Waals surface area (Å²) in [7, 11) is 0. The normalized spacial score (nSPS) is 20.5. The van der Waals surface area contributed by atoms with Crippen molar-refractivity contribution in [3.05, 3.63) is 93.1 Å². The highest BCUT2D eigenvalue weighted by molar-refractivity contribution is 9.10. The molecule has 0 aliphatic carbocycles. The zero-order valence-electron chi connectivity index (χ0n) is 24.2. The van der Waals surface area contributed by atoms with Crippen molar-refractivity contribution in [3.8, 4) is 5.69 Å². The number of nitrogens with one attached hydrogen (secondary N) is 1. The number of likely N-dealkylation sites (tertiary alicyclic amines) is 1. The van der Waals surface area contributed by atoms with Crippen molar-refractivity contribution in [2.45, 2.75) is 44.2 Å². The number of aromatic nitrogens is 2. The van der Waals surface area contributed by atoms with Crippen LogP contribution in [0.1, 0.15) is 73.8 Å². The van der Waals surface area contributed by atoms with Crippen LogP contribution >= 0.6 is 15.9 Å². The number of benzene rings is 3. The van der Waals surface area contributed by atoms with Crippen molar-refractivity contribution in [2.75, 3.05) is 13.1 Å². The number of hydrogen-bond acceptors (Lipinski definition) is 7. The summed E-state index contributed by atoms with van der Waals surface area (Å²) in [5, 5.41) is 7.68. The minimum atomic E-state index is -1.00. The zero-order valence-corrected chi connectivity index (χ0v) is 25.7. The van der Waals surface area contributed by atoms with E-state index in [1.807, 2.05) is 30.5 Å². The first-order chi connectivity index (χ1) is 21.7. The molecule has 12 heteroatoms. The van der Waals surface area contributed by atoms with Crippen LogP contribution in [0.3, 0.4) is 0 Å². The molecular formula is C33H29BrN6O5. The second-order valence-electron chi connectivity index (χ2n) is 11.8. The number of nitrogens with zero attached hydrogens (tertiary/aromatic N) is 4. The third kappa shape index (κ3) is 5.13. The van der Waals surface area contributed by atoms with E-state index in [1.54, 1.807) is 22.9 Å². The fraction of sp³-hybridized carbons (Fsp3) is 0.273. The number of fused-ring (bicyclic) bond motifs is 2. The highest BCUT2D eigenvalue weighted by Crippen LogP contribution is 2.36. The molecule has 2 atom stereocenters. The van der Waals surface area contributed by atoms with Gasteiger partial charge >= 0.3 is 0 Å². The highest BCUT2D eigenvalue weighted by atomic mass is 79.9. The number of rotatable bonds is 6. The predicted octanol–water partition coefficient (Wildman–Crippen LogP) is 3.67. The van der Waals surface area contributed by atoms with Gasteiger partial charge in [-0.3, -0.25) is 39.1 Å². The molecule has 45 heavy (non-hydrogen) atoms. The van der Waals surface area contributed by atoms with E-state index in [1.165, 1.54) is 5.56 Å². The summed E-state index contributed by atoms with van der Waals surface area (Å²) >= 11 is 3.60. The number of imide groups is 2. The summed E-state index contributed by atoms with van der Waals surface area (Å²) in [6.45, 7) is 2.31. The molecule has 2 fully saturated rings. The Morgan fingerprint density at radius 1 is 1.00 bits per heavy atom. The molecule has 1 aromatic heterocycles. The van der Waals surface area contributed by atoms with E-state index in [2.05, 4.69) is 43.4 Å². The molecule has 3 aliphatic heterocycles. The molecule has 0 spiro atoms. The van der Waals surface area contributed by atoms with E-state index in [4.69, 9.17) is 5.73 Å². The van der Waals surface area contributed by atoms with Crippen LogP contribution < -0.4 is 11.1 Å². The average molecular weight is 670 g/mol. The van der Waals surface area contributed by atoms with E-state index >= 15 is 0 Å². The number of nitrogens with two attached hydrogens (primary N) is 1. The third-order valence-corrected chi connectivity index (χ3v) is 9.86. The summed E-state index contributed by atoms with van der Waals surface area (Å²) in [5.41, 5.74) is 10.00. The van der Waals surface area contributed by atoms with Gasteiger partial charge in [-0.2, -0.15) is 5.10 Å². The van der Waals surface area contributed by atoms with Crippen molar-refractivity contribution in [3.63, 3.8) is 0 Å². The largest absolute Gasteiger partial charge is 0.366 e. The molecule has 3 N–H and O–H groups in total. The minimum Gasteiger partial charge on any atom is -0.366 e. The van der Waals surface area contributed by atoms with E-state index in [0.717, 1.165) is 47.5 Å². The van der Waals surface area contributed by atoms with Gasteiger partial charge in [-0.25, -0.2) is 4.68 Å². The van der Waals surface area contributed by atoms with Gasteiger partial charge < -0.3 is 5.73 Å². The fourth-order valence-electron chi connectivity index (χ4n) is 6.67. The molecule has 1 unspecified atom stereocenters. The van der Waals surface area contributed by atoms with E-state index < -0.39 is 35.6 Å². The van der Waals surface area contributed by atoms with Gasteiger partial charge in [0, 0.05) is 35.6 Å². The maximum Gasteiger partial charge on any atom is 0.263 e. The fourth-order valence-corrected chi connectivity index (χ4v) is 7.31. The molecule has 3 aromatic carbocycles. The average Bonchev–Trinajstić information content (AvgIpc) is 3.58. The smallest absolute Gasteiger partial charge is 0.263 e. The van der Waals surface area contributed by atoms with Crippen molar-refractivity contribution in [2.24, 2.45) is 5.73 Å². The standard InChI is InChI=1S/C33H29BrN6O5/c34-28-20(8-11-23-27(28)33(45)40(32(23)44)25-12-13-26(41)36-31(25)43)16-38-14-2-4-19(15-38)18-6-9-22(10-7-18)39-17-21-3-1-5-24(30(35)42)29(21)37-39/h1,3,5-11,17,19,25H,2,4,12-16H2,(H2,35,42)(H,36,41,43)/t19-,25?/m1/s1. The number of carbonyl (C=O) groups is 5. The second kappa shape index (κ2) is 11.4. The third-order valence-electron chi connectivity index (χ3n) is 8.96. The van der Waals surface area contributed by atoms with Crippen molar-refractivity contribution >= 4 is 56.4 Å². The summed E-state index contributed by atoms with van der Waals surface area (Å²) in [6, 6.07) is 16.2. The number of hydrogen-bond donors (Lipinski definition) is 2. The van der Waals surface area contributed by atoms with Crippen LogP contribution in [-0.2, 0) is 16.1 Å². The van der Waals surface area contributed by atoms with E-state index in [-0.39, 0.29) is 24.0 Å². The summed E-state index contributed by atoms with van der Waals surface area (Å²) in [5.74, 6) is -2.27. The molecule has 0 bridgehead atoms. The Balaban J connectivity index is 1.06. The zero-order chi connectivity index (χ0) is 31.4. The molecule has 0 radical (unpaired) electrons. The molecule has 4 heterocycles. The maximum absolute atomic E-state index is 13.4. The molecule has 228 valence electrons. The Labute approximate surface area is 266 Å². The number of amides is 5. The van der Waals surface area contributed by atoms with Gasteiger partial charge in [-0.15, -0.1) is 0 Å². The molecule has 4 aromatic rings. The number of primary amides is 1. The van der Waals surface area contributed by atoms with Crippen LogP contribution in [0.2, 0.25) is 0 Å². The first-order valence-electron chi connectivity index (χ1n) is 14.8. The monoisotopic (exact) mass is 668 g/mol. The first-order valence-corrected chi connectivity index (χ1v) is 15.6. The Kier molecular flexibility index (Phi) is 7.33. The van der Waals surface area contributed by atoms with E-state index in [0.29, 0.717) is 28.0 Å². The molecule has 2 saturated heterocycles. The van der Waals surface area contributed by atoms with Gasteiger partial charge in [0.15, 0.2) is 0 Å². The van der Waals surface area contributed by atoms with Crippen LogP contribution in [0.4, 0.5) is 0 Å². The lowest BCUT2D eigenvalue weighted by Crippen LogP contribution is -2.54. The van der Waals surface area contributed by atoms with E-state index in [9.17, 15) is 24.0 Å². The number of piperidine rings is 2. The molecule has 0 saturated carbocycles. The van der Waals surface area contributed by atoms with Gasteiger partial charge in [0.2, 0.25) is 11.8 Å². The summed E-state index contributed by atoms with van der Waals surface area (Å²) in [6.07, 6.45) is 4.13. The summed E-state index contributed by atoms with van der Waals surface area (Å²) < 4.78 is 2.32. The topological polar surface area (TPSA) is 148 Å². The Morgan fingerprint density at radius 2 is 1.80 bits per heavy atom. The molecule has 7 rings (SSSR count). The van der Waals surface area contributed by atoms with Gasteiger partial charge in [-0.05, 0) is 83.0 Å². The van der Waals surface area contributed by atoms with Crippen molar-refractivity contribution in [1.82, 2.24) is 24.9 Å². The summed E-state index contributed by atoms with van der Waals surface area (Å²) in [4.78, 5) is 65.8. The van der Waals surface area contributed by atoms with Crippen molar-refractivity contribution < 1.29 is 24.0 Å². The quantitative estimate of drug-likeness (QED) is 0.298. The number of halogens is 1. The number of carbonyl (C=O) groups excluding carboxylic acids is 5. The maximum atomic E-state index is 13.4. The van der Waals surface area contributed by atoms with Gasteiger partial charge in [0.25, 0.3) is 17.7 Å².